The van der Waals surface area contributed by atoms with Crippen molar-refractivity contribution >= 4 is 18.1 Å². The first kappa shape index (κ1) is 12.4. The molecule has 1 aliphatic carbocycles. The molecule has 2 radical (unpaired) electrons. The van der Waals surface area contributed by atoms with E-state index >= 15 is 0 Å². The van der Waals surface area contributed by atoms with Crippen molar-refractivity contribution in [3.63, 3.8) is 0 Å². The first-order valence-electron chi connectivity index (χ1n) is 5.52. The van der Waals surface area contributed by atoms with E-state index in [1.807, 2.05) is 0 Å². The molecule has 4 heteroatoms. The highest BCUT2D eigenvalue weighted by Gasteiger charge is 2.35. The summed E-state index contributed by atoms with van der Waals surface area (Å²) in [4.78, 5) is 0. The molecule has 1 fully saturated rings. The fraction of sp³-hybridized carbons (Fsp3) is 1.00. The second-order valence-corrected chi connectivity index (χ2v) is 8.53. The predicted octanol–water partition coefficient (Wildman–Crippen LogP) is 3.18. The fourth-order valence-electron chi connectivity index (χ4n) is 2.06. The van der Waals surface area contributed by atoms with Gasteiger partial charge in [0.15, 0.2) is 0 Å². The van der Waals surface area contributed by atoms with Crippen LogP contribution in [0.2, 0.25) is 26.2 Å². The zero-order valence-electron chi connectivity index (χ0n) is 9.85. The maximum atomic E-state index is 6.09. The van der Waals surface area contributed by atoms with Crippen LogP contribution >= 0.6 is 0 Å². The van der Waals surface area contributed by atoms with Crippen LogP contribution in [-0.4, -0.2) is 23.9 Å². The molecule has 82 valence electrons. The highest BCUT2D eigenvalue weighted by atomic mass is 28.3. The van der Waals surface area contributed by atoms with E-state index < -0.39 is 18.1 Å². The van der Waals surface area contributed by atoms with Gasteiger partial charge in [0.05, 0.1) is 0 Å². The van der Waals surface area contributed by atoms with Crippen LogP contribution < -0.4 is 0 Å². The quantitative estimate of drug-likeness (QED) is 0.545. The van der Waals surface area contributed by atoms with Crippen LogP contribution in [0.5, 0.6) is 0 Å². The maximum Gasteiger partial charge on any atom is 0.208 e. The monoisotopic (exact) mass is 230 g/mol. The van der Waals surface area contributed by atoms with Gasteiger partial charge in [-0.3, -0.25) is 0 Å². The molecule has 0 saturated heterocycles. The highest BCUT2D eigenvalue weighted by molar-refractivity contribution is 6.49. The van der Waals surface area contributed by atoms with Gasteiger partial charge in [-0.2, -0.15) is 0 Å². The third kappa shape index (κ3) is 3.84. The zero-order chi connectivity index (χ0) is 10.6. The molecule has 2 nitrogen and oxygen atoms in total. The standard InChI is InChI=1S/C10H22O2Si2/c1-13(2)11-10(12-14(3)4)8-6-5-7-9-10/h5-9H2,1-4H3. The molecule has 0 unspecified atom stereocenters. The fourth-order valence-corrected chi connectivity index (χ4v) is 4.12. The van der Waals surface area contributed by atoms with Crippen molar-refractivity contribution in [2.75, 3.05) is 0 Å². The largest absolute Gasteiger partial charge is 0.391 e. The SMILES string of the molecule is C[Si](C)OC1(O[Si](C)C)CCCCC1. The van der Waals surface area contributed by atoms with Gasteiger partial charge >= 0.3 is 0 Å². The molecule has 0 aromatic carbocycles. The smallest absolute Gasteiger partial charge is 0.208 e. The summed E-state index contributed by atoms with van der Waals surface area (Å²) in [6.45, 7) is 8.79. The molecule has 0 aromatic rings. The first-order valence-corrected chi connectivity index (χ1v) is 10.3. The molecule has 0 spiro atoms. The minimum atomic E-state index is -0.645. The number of hydrogen-bond donors (Lipinski definition) is 0. The lowest BCUT2D eigenvalue weighted by atomic mass is 9.95. The first-order chi connectivity index (χ1) is 6.54. The van der Waals surface area contributed by atoms with E-state index in [9.17, 15) is 0 Å². The third-order valence-electron chi connectivity index (χ3n) is 2.40. The van der Waals surface area contributed by atoms with Gasteiger partial charge in [-0.05, 0) is 51.9 Å². The zero-order valence-corrected chi connectivity index (χ0v) is 11.9. The van der Waals surface area contributed by atoms with Gasteiger partial charge in [-0.25, -0.2) is 0 Å². The molecule has 1 saturated carbocycles. The Kier molecular flexibility index (Phi) is 4.83. The molecule has 0 bridgehead atoms. The van der Waals surface area contributed by atoms with Crippen molar-refractivity contribution < 1.29 is 8.85 Å². The molecule has 0 N–H and O–H groups in total. The molecular formula is C10H22O2Si2. The van der Waals surface area contributed by atoms with Crippen LogP contribution in [0.15, 0.2) is 0 Å². The van der Waals surface area contributed by atoms with Crippen molar-refractivity contribution in [3.8, 4) is 0 Å². The van der Waals surface area contributed by atoms with Crippen molar-refractivity contribution in [2.45, 2.75) is 64.1 Å². The van der Waals surface area contributed by atoms with Crippen molar-refractivity contribution in [1.29, 1.82) is 0 Å². The molecule has 0 heterocycles. The maximum absolute atomic E-state index is 6.09. The minimum Gasteiger partial charge on any atom is -0.391 e. The Balaban J connectivity index is 2.57. The molecular weight excluding hydrogens is 208 g/mol. The van der Waals surface area contributed by atoms with Gasteiger partial charge in [0.2, 0.25) is 18.1 Å². The lowest BCUT2D eigenvalue weighted by Gasteiger charge is -2.40. The minimum absolute atomic E-state index is 0.187. The summed E-state index contributed by atoms with van der Waals surface area (Å²) in [5.74, 6) is -0.187. The number of rotatable bonds is 4. The molecule has 1 aliphatic rings. The van der Waals surface area contributed by atoms with E-state index in [2.05, 4.69) is 26.2 Å². The molecule has 0 atom stereocenters. The lowest BCUT2D eigenvalue weighted by molar-refractivity contribution is -0.142. The van der Waals surface area contributed by atoms with E-state index in [0.29, 0.717) is 0 Å². The Hall–Kier alpha value is 0.354. The van der Waals surface area contributed by atoms with Crippen LogP contribution in [0.4, 0.5) is 0 Å². The Morgan fingerprint density at radius 2 is 1.21 bits per heavy atom. The third-order valence-corrected chi connectivity index (χ3v) is 3.96. The Bertz CT molecular complexity index is 154. The summed E-state index contributed by atoms with van der Waals surface area (Å²) >= 11 is 0. The molecule has 0 amide bonds. The topological polar surface area (TPSA) is 18.5 Å². The van der Waals surface area contributed by atoms with Crippen LogP contribution in [0.25, 0.3) is 0 Å². The second kappa shape index (κ2) is 5.44. The summed E-state index contributed by atoms with van der Waals surface area (Å²) in [5, 5.41) is 0. The summed E-state index contributed by atoms with van der Waals surface area (Å²) < 4.78 is 12.2. The van der Waals surface area contributed by atoms with Crippen LogP contribution in [0.3, 0.4) is 0 Å². The summed E-state index contributed by atoms with van der Waals surface area (Å²) in [6.07, 6.45) is 6.10. The molecule has 14 heavy (non-hydrogen) atoms. The van der Waals surface area contributed by atoms with Gasteiger partial charge in [0.25, 0.3) is 0 Å². The molecule has 0 aliphatic heterocycles. The average molecular weight is 230 g/mol. The Morgan fingerprint density at radius 3 is 1.57 bits per heavy atom. The summed E-state index contributed by atoms with van der Waals surface area (Å²) in [7, 11) is -1.29. The molecule has 0 aromatic heterocycles. The summed E-state index contributed by atoms with van der Waals surface area (Å²) in [5.41, 5.74) is 0. The van der Waals surface area contributed by atoms with E-state index in [1.54, 1.807) is 0 Å². The highest BCUT2D eigenvalue weighted by Crippen LogP contribution is 2.33. The number of hydrogen-bond acceptors (Lipinski definition) is 2. The van der Waals surface area contributed by atoms with Gasteiger partial charge < -0.3 is 8.85 Å². The lowest BCUT2D eigenvalue weighted by Crippen LogP contribution is -2.44. The predicted molar refractivity (Wildman–Crippen MR) is 63.0 cm³/mol. The van der Waals surface area contributed by atoms with E-state index in [1.165, 1.54) is 19.3 Å². The van der Waals surface area contributed by atoms with Crippen molar-refractivity contribution in [2.24, 2.45) is 0 Å². The second-order valence-electron chi connectivity index (χ2n) is 4.49. The van der Waals surface area contributed by atoms with Crippen LogP contribution in [-0.2, 0) is 8.85 Å². The van der Waals surface area contributed by atoms with Crippen molar-refractivity contribution in [1.82, 2.24) is 0 Å². The van der Waals surface area contributed by atoms with Gasteiger partial charge in [0.1, 0.15) is 5.79 Å². The van der Waals surface area contributed by atoms with E-state index in [0.717, 1.165) is 12.8 Å². The van der Waals surface area contributed by atoms with Crippen LogP contribution in [0, 0.1) is 0 Å². The Labute approximate surface area is 91.4 Å². The van der Waals surface area contributed by atoms with Gasteiger partial charge in [-0.15, -0.1) is 0 Å². The molecule has 1 rings (SSSR count). The van der Waals surface area contributed by atoms with Gasteiger partial charge in [0, 0.05) is 0 Å². The van der Waals surface area contributed by atoms with E-state index in [-0.39, 0.29) is 5.79 Å². The van der Waals surface area contributed by atoms with Crippen molar-refractivity contribution in [3.05, 3.63) is 0 Å². The van der Waals surface area contributed by atoms with Gasteiger partial charge in [-0.1, -0.05) is 6.42 Å². The average Bonchev–Trinajstić information content (AvgIpc) is 2.01. The Morgan fingerprint density at radius 1 is 0.786 bits per heavy atom. The summed E-state index contributed by atoms with van der Waals surface area (Å²) in [6, 6.07) is 0. The normalized spacial score (nSPS) is 21.9. The van der Waals surface area contributed by atoms with E-state index in [4.69, 9.17) is 8.85 Å². The van der Waals surface area contributed by atoms with Crippen LogP contribution in [0.1, 0.15) is 32.1 Å².